The molecule has 0 aliphatic heterocycles. The van der Waals surface area contributed by atoms with Gasteiger partial charge >= 0.3 is 0 Å². The normalized spacial score (nSPS) is 13.4. The number of aromatic nitrogens is 3. The van der Waals surface area contributed by atoms with Gasteiger partial charge in [-0.2, -0.15) is 5.10 Å². The molecule has 3 aromatic rings. The summed E-state index contributed by atoms with van der Waals surface area (Å²) in [6, 6.07) is 15.5. The van der Waals surface area contributed by atoms with E-state index in [1.165, 1.54) is 0 Å². The Morgan fingerprint density at radius 1 is 1.14 bits per heavy atom. The smallest absolute Gasteiger partial charge is 0.274 e. The number of anilines is 2. The van der Waals surface area contributed by atoms with Crippen molar-refractivity contribution in [3.05, 3.63) is 66.1 Å². The van der Waals surface area contributed by atoms with Crippen molar-refractivity contribution in [1.29, 1.82) is 0 Å². The van der Waals surface area contributed by atoms with Crippen LogP contribution < -0.4 is 10.2 Å². The number of nitrogens with zero attached hydrogens (tertiary/aromatic N) is 4. The van der Waals surface area contributed by atoms with Gasteiger partial charge in [0, 0.05) is 19.0 Å². The van der Waals surface area contributed by atoms with E-state index in [1.54, 1.807) is 10.9 Å². The number of carbonyl (C=O) groups excluding carboxylic acids is 1. The molecule has 4 rings (SSSR count). The number of pyridine rings is 1. The molecule has 1 aromatic carbocycles. The van der Waals surface area contributed by atoms with Crippen LogP contribution in [-0.2, 0) is 0 Å². The number of para-hydroxylation sites is 1. The van der Waals surface area contributed by atoms with Gasteiger partial charge in [-0.3, -0.25) is 4.79 Å². The van der Waals surface area contributed by atoms with Crippen molar-refractivity contribution in [3.63, 3.8) is 0 Å². The second-order valence-electron chi connectivity index (χ2n) is 7.01. The summed E-state index contributed by atoms with van der Waals surface area (Å²) < 4.78 is 1.74. The zero-order chi connectivity index (χ0) is 19.5. The van der Waals surface area contributed by atoms with Crippen LogP contribution in [-0.4, -0.2) is 33.8 Å². The zero-order valence-corrected chi connectivity index (χ0v) is 16.3. The maximum absolute atomic E-state index is 13.0. The zero-order valence-electron chi connectivity index (χ0n) is 16.3. The van der Waals surface area contributed by atoms with Crippen LogP contribution in [0.5, 0.6) is 0 Å². The van der Waals surface area contributed by atoms with Crippen molar-refractivity contribution in [2.75, 3.05) is 23.3 Å². The second-order valence-corrected chi connectivity index (χ2v) is 7.01. The standard InChI is InChI=1S/C22H25N5O/c1-3-26(4-2)21-13-12-17(15-23-21)24-22(28)20-14-19(16-10-11-16)25-27(20)18-8-6-5-7-9-18/h5-9,12-16H,3-4,10-11H2,1-2H3,(H,24,28). The Bertz CT molecular complexity index is 941. The van der Waals surface area contributed by atoms with Gasteiger partial charge in [-0.1, -0.05) is 18.2 Å². The fourth-order valence-electron chi connectivity index (χ4n) is 3.30. The highest BCUT2D eigenvalue weighted by molar-refractivity contribution is 6.03. The van der Waals surface area contributed by atoms with Gasteiger partial charge < -0.3 is 10.2 Å². The number of rotatable bonds is 7. The Balaban J connectivity index is 1.58. The lowest BCUT2D eigenvalue weighted by molar-refractivity contribution is 0.101. The van der Waals surface area contributed by atoms with Crippen LogP contribution in [0, 0.1) is 0 Å². The Morgan fingerprint density at radius 2 is 1.89 bits per heavy atom. The lowest BCUT2D eigenvalue weighted by atomic mass is 10.2. The van der Waals surface area contributed by atoms with Crippen LogP contribution >= 0.6 is 0 Å². The summed E-state index contributed by atoms with van der Waals surface area (Å²) in [6.07, 6.45) is 3.99. The highest BCUT2D eigenvalue weighted by Crippen LogP contribution is 2.39. The van der Waals surface area contributed by atoms with Gasteiger partial charge in [0.1, 0.15) is 11.5 Å². The molecule has 0 spiro atoms. The Morgan fingerprint density at radius 3 is 2.50 bits per heavy atom. The van der Waals surface area contributed by atoms with E-state index in [0.29, 0.717) is 17.3 Å². The van der Waals surface area contributed by atoms with Crippen molar-refractivity contribution in [2.45, 2.75) is 32.6 Å². The third-order valence-corrected chi connectivity index (χ3v) is 5.05. The van der Waals surface area contributed by atoms with Crippen molar-refractivity contribution >= 4 is 17.4 Å². The van der Waals surface area contributed by atoms with E-state index >= 15 is 0 Å². The molecule has 0 saturated heterocycles. The minimum Gasteiger partial charge on any atom is -0.357 e. The molecule has 1 N–H and O–H groups in total. The summed E-state index contributed by atoms with van der Waals surface area (Å²) in [5, 5.41) is 7.66. The molecule has 2 aromatic heterocycles. The lowest BCUT2D eigenvalue weighted by Crippen LogP contribution is -2.23. The van der Waals surface area contributed by atoms with Crippen LogP contribution in [0.1, 0.15) is 48.8 Å². The number of hydrogen-bond donors (Lipinski definition) is 1. The molecule has 0 bridgehead atoms. The summed E-state index contributed by atoms with van der Waals surface area (Å²) in [4.78, 5) is 19.6. The quantitative estimate of drug-likeness (QED) is 0.671. The first-order valence-corrected chi connectivity index (χ1v) is 9.87. The maximum Gasteiger partial charge on any atom is 0.274 e. The molecular formula is C22H25N5O. The number of carbonyl (C=O) groups is 1. The van der Waals surface area contributed by atoms with Crippen LogP contribution in [0.25, 0.3) is 5.69 Å². The molecule has 1 fully saturated rings. The molecule has 0 unspecified atom stereocenters. The van der Waals surface area contributed by atoms with Gasteiger partial charge in [-0.25, -0.2) is 9.67 Å². The summed E-state index contributed by atoms with van der Waals surface area (Å²) in [5.41, 5.74) is 3.09. The Labute approximate surface area is 165 Å². The maximum atomic E-state index is 13.0. The fraction of sp³-hybridized carbons (Fsp3) is 0.318. The van der Waals surface area contributed by atoms with Gasteiger partial charge in [0.15, 0.2) is 0 Å². The molecule has 144 valence electrons. The van der Waals surface area contributed by atoms with E-state index in [4.69, 9.17) is 5.10 Å². The summed E-state index contributed by atoms with van der Waals surface area (Å²) in [7, 11) is 0. The molecule has 6 heteroatoms. The number of hydrogen-bond acceptors (Lipinski definition) is 4. The lowest BCUT2D eigenvalue weighted by Gasteiger charge is -2.19. The van der Waals surface area contributed by atoms with Crippen LogP contribution in [0.4, 0.5) is 11.5 Å². The van der Waals surface area contributed by atoms with Crippen molar-refractivity contribution < 1.29 is 4.79 Å². The van der Waals surface area contributed by atoms with Crippen molar-refractivity contribution in [2.24, 2.45) is 0 Å². The minimum atomic E-state index is -0.180. The van der Waals surface area contributed by atoms with Crippen molar-refractivity contribution in [3.8, 4) is 5.69 Å². The van der Waals surface area contributed by atoms with Crippen LogP contribution in [0.3, 0.4) is 0 Å². The molecule has 28 heavy (non-hydrogen) atoms. The van der Waals surface area contributed by atoms with E-state index in [9.17, 15) is 4.79 Å². The minimum absolute atomic E-state index is 0.180. The predicted molar refractivity (Wildman–Crippen MR) is 111 cm³/mol. The molecule has 2 heterocycles. The average molecular weight is 375 g/mol. The van der Waals surface area contributed by atoms with Gasteiger partial charge in [0.25, 0.3) is 5.91 Å². The molecule has 6 nitrogen and oxygen atoms in total. The summed E-state index contributed by atoms with van der Waals surface area (Å²) in [5.74, 6) is 1.21. The third kappa shape index (κ3) is 3.76. The first-order chi connectivity index (χ1) is 13.7. The van der Waals surface area contributed by atoms with Gasteiger partial charge in [0.05, 0.1) is 23.3 Å². The van der Waals surface area contributed by atoms with Crippen LogP contribution in [0.2, 0.25) is 0 Å². The molecular weight excluding hydrogens is 350 g/mol. The molecule has 1 aliphatic carbocycles. The molecule has 1 aliphatic rings. The largest absolute Gasteiger partial charge is 0.357 e. The van der Waals surface area contributed by atoms with Gasteiger partial charge in [-0.15, -0.1) is 0 Å². The fourth-order valence-corrected chi connectivity index (χ4v) is 3.30. The number of amides is 1. The second kappa shape index (κ2) is 7.84. The highest BCUT2D eigenvalue weighted by Gasteiger charge is 2.29. The Kier molecular flexibility index (Phi) is 5.10. The Hall–Kier alpha value is -3.15. The highest BCUT2D eigenvalue weighted by atomic mass is 16.2. The van der Waals surface area contributed by atoms with E-state index < -0.39 is 0 Å². The average Bonchev–Trinajstić information content (AvgIpc) is 3.49. The van der Waals surface area contributed by atoms with Crippen molar-refractivity contribution in [1.82, 2.24) is 14.8 Å². The first kappa shape index (κ1) is 18.2. The SMILES string of the molecule is CCN(CC)c1ccc(NC(=O)c2cc(C3CC3)nn2-c2ccccc2)cn1. The molecule has 1 saturated carbocycles. The molecule has 0 radical (unpaired) electrons. The van der Waals surface area contributed by atoms with E-state index in [1.807, 2.05) is 48.5 Å². The van der Waals surface area contributed by atoms with E-state index in [0.717, 1.165) is 43.1 Å². The topological polar surface area (TPSA) is 63.1 Å². The van der Waals surface area contributed by atoms with Gasteiger partial charge in [-0.05, 0) is 57.0 Å². The summed E-state index contributed by atoms with van der Waals surface area (Å²) in [6.45, 7) is 6.00. The summed E-state index contributed by atoms with van der Waals surface area (Å²) >= 11 is 0. The monoisotopic (exact) mass is 375 g/mol. The first-order valence-electron chi connectivity index (χ1n) is 9.87. The predicted octanol–water partition coefficient (Wildman–Crippen LogP) is 4.24. The molecule has 0 atom stereocenters. The van der Waals surface area contributed by atoms with Crippen LogP contribution in [0.15, 0.2) is 54.7 Å². The number of nitrogens with one attached hydrogen (secondary N) is 1. The van der Waals surface area contributed by atoms with E-state index in [-0.39, 0.29) is 5.91 Å². The van der Waals surface area contributed by atoms with Gasteiger partial charge in [0.2, 0.25) is 0 Å². The van der Waals surface area contributed by atoms with E-state index in [2.05, 4.69) is 29.0 Å². The number of benzene rings is 1. The third-order valence-electron chi connectivity index (χ3n) is 5.05. The molecule has 1 amide bonds.